The van der Waals surface area contributed by atoms with Gasteiger partial charge in [-0.3, -0.25) is 4.79 Å². The standard InChI is InChI=1S/C15H25N3O2/c1-11(2)10-20-8-4-7-18-14-9-12(15(19)17-3)5-6-13(14)16/h5-6,9,11,18H,4,7-8,10,16H2,1-3H3,(H,17,19). The molecule has 0 saturated carbocycles. The van der Waals surface area contributed by atoms with E-state index in [1.54, 1.807) is 25.2 Å². The minimum Gasteiger partial charge on any atom is -0.397 e. The molecule has 4 N–H and O–H groups in total. The molecule has 5 nitrogen and oxygen atoms in total. The Morgan fingerprint density at radius 2 is 2.15 bits per heavy atom. The van der Waals surface area contributed by atoms with Crippen molar-refractivity contribution < 1.29 is 9.53 Å². The number of amides is 1. The van der Waals surface area contributed by atoms with E-state index in [1.807, 2.05) is 0 Å². The van der Waals surface area contributed by atoms with Gasteiger partial charge < -0.3 is 21.1 Å². The summed E-state index contributed by atoms with van der Waals surface area (Å²) in [6.07, 6.45) is 0.899. The Hall–Kier alpha value is -1.75. The average molecular weight is 279 g/mol. The van der Waals surface area contributed by atoms with E-state index in [2.05, 4.69) is 24.5 Å². The van der Waals surface area contributed by atoms with Gasteiger partial charge in [-0.2, -0.15) is 0 Å². The summed E-state index contributed by atoms with van der Waals surface area (Å²) in [7, 11) is 1.61. The molecule has 0 aliphatic carbocycles. The van der Waals surface area contributed by atoms with Crippen LogP contribution in [0.25, 0.3) is 0 Å². The molecule has 0 unspecified atom stereocenters. The summed E-state index contributed by atoms with van der Waals surface area (Å²) in [5.74, 6) is 0.441. The predicted molar refractivity (Wildman–Crippen MR) is 83.0 cm³/mol. The molecule has 0 atom stereocenters. The van der Waals surface area contributed by atoms with Gasteiger partial charge in [0.15, 0.2) is 0 Å². The van der Waals surface area contributed by atoms with E-state index >= 15 is 0 Å². The maximum absolute atomic E-state index is 11.6. The number of nitrogens with two attached hydrogens (primary N) is 1. The maximum Gasteiger partial charge on any atom is 0.251 e. The fraction of sp³-hybridized carbons (Fsp3) is 0.533. The number of rotatable bonds is 8. The molecular weight excluding hydrogens is 254 g/mol. The van der Waals surface area contributed by atoms with Crippen LogP contribution in [-0.4, -0.2) is 32.7 Å². The highest BCUT2D eigenvalue weighted by Gasteiger charge is 2.06. The van der Waals surface area contributed by atoms with Crippen molar-refractivity contribution in [2.45, 2.75) is 20.3 Å². The molecule has 1 aromatic rings. The molecule has 1 rings (SSSR count). The van der Waals surface area contributed by atoms with Gasteiger partial charge in [-0.25, -0.2) is 0 Å². The van der Waals surface area contributed by atoms with Crippen LogP contribution in [0.4, 0.5) is 11.4 Å². The molecule has 20 heavy (non-hydrogen) atoms. The van der Waals surface area contributed by atoms with Crippen LogP contribution in [-0.2, 0) is 4.74 Å². The number of nitrogens with one attached hydrogen (secondary N) is 2. The van der Waals surface area contributed by atoms with Gasteiger partial charge in [-0.1, -0.05) is 13.8 Å². The number of ether oxygens (including phenoxy) is 1. The Labute approximate surface area is 120 Å². The van der Waals surface area contributed by atoms with Crippen LogP contribution in [0.15, 0.2) is 18.2 Å². The molecule has 0 saturated heterocycles. The van der Waals surface area contributed by atoms with E-state index in [1.165, 1.54) is 0 Å². The van der Waals surface area contributed by atoms with Gasteiger partial charge in [0.05, 0.1) is 11.4 Å². The first-order valence-corrected chi connectivity index (χ1v) is 6.97. The van der Waals surface area contributed by atoms with Crippen LogP contribution < -0.4 is 16.4 Å². The van der Waals surface area contributed by atoms with E-state index in [0.717, 1.165) is 31.9 Å². The number of carbonyl (C=O) groups is 1. The van der Waals surface area contributed by atoms with Gasteiger partial charge in [0.2, 0.25) is 0 Å². The highest BCUT2D eigenvalue weighted by atomic mass is 16.5. The Morgan fingerprint density at radius 1 is 1.40 bits per heavy atom. The summed E-state index contributed by atoms with van der Waals surface area (Å²) in [6.45, 7) is 6.53. The number of hydrogen-bond donors (Lipinski definition) is 3. The second-order valence-electron chi connectivity index (χ2n) is 5.13. The highest BCUT2D eigenvalue weighted by molar-refractivity contribution is 5.96. The number of nitrogen functional groups attached to an aromatic ring is 1. The van der Waals surface area contributed by atoms with Crippen molar-refractivity contribution in [1.82, 2.24) is 5.32 Å². The second kappa shape index (κ2) is 8.43. The molecule has 0 fully saturated rings. The van der Waals surface area contributed by atoms with Crippen LogP contribution in [0.3, 0.4) is 0 Å². The molecule has 1 amide bonds. The van der Waals surface area contributed by atoms with Crippen LogP contribution in [0, 0.1) is 5.92 Å². The number of carbonyl (C=O) groups excluding carboxylic acids is 1. The fourth-order valence-corrected chi connectivity index (χ4v) is 1.71. The summed E-state index contributed by atoms with van der Waals surface area (Å²) in [5.41, 5.74) is 7.91. The van der Waals surface area contributed by atoms with E-state index in [-0.39, 0.29) is 5.91 Å². The van der Waals surface area contributed by atoms with Gasteiger partial charge in [0.25, 0.3) is 5.91 Å². The zero-order chi connectivity index (χ0) is 15.0. The largest absolute Gasteiger partial charge is 0.397 e. The van der Waals surface area contributed by atoms with Crippen molar-refractivity contribution >= 4 is 17.3 Å². The zero-order valence-electron chi connectivity index (χ0n) is 12.5. The third-order valence-electron chi connectivity index (χ3n) is 2.77. The lowest BCUT2D eigenvalue weighted by Gasteiger charge is -2.11. The molecule has 0 aromatic heterocycles. The number of benzene rings is 1. The Kier molecular flexibility index (Phi) is 6.87. The molecule has 5 heteroatoms. The lowest BCUT2D eigenvalue weighted by atomic mass is 10.1. The summed E-state index contributed by atoms with van der Waals surface area (Å²) in [6, 6.07) is 5.22. The van der Waals surface area contributed by atoms with Crippen molar-refractivity contribution in [3.8, 4) is 0 Å². The van der Waals surface area contributed by atoms with Crippen molar-refractivity contribution in [3.05, 3.63) is 23.8 Å². The molecule has 1 aromatic carbocycles. The second-order valence-corrected chi connectivity index (χ2v) is 5.13. The van der Waals surface area contributed by atoms with Crippen LogP contribution >= 0.6 is 0 Å². The molecule has 0 radical (unpaired) electrons. The molecule has 0 aliphatic heterocycles. The Morgan fingerprint density at radius 3 is 2.80 bits per heavy atom. The summed E-state index contributed by atoms with van der Waals surface area (Å²) >= 11 is 0. The smallest absolute Gasteiger partial charge is 0.251 e. The van der Waals surface area contributed by atoms with Gasteiger partial charge in [0.1, 0.15) is 0 Å². The van der Waals surface area contributed by atoms with Gasteiger partial charge >= 0.3 is 0 Å². The molecule has 0 heterocycles. The van der Waals surface area contributed by atoms with Crippen molar-refractivity contribution in [3.63, 3.8) is 0 Å². The minimum absolute atomic E-state index is 0.117. The highest BCUT2D eigenvalue weighted by Crippen LogP contribution is 2.19. The van der Waals surface area contributed by atoms with Crippen LogP contribution in [0.1, 0.15) is 30.6 Å². The van der Waals surface area contributed by atoms with E-state index in [9.17, 15) is 4.79 Å². The first-order valence-electron chi connectivity index (χ1n) is 6.97. The third kappa shape index (κ3) is 5.48. The number of anilines is 2. The van der Waals surface area contributed by atoms with Gasteiger partial charge in [0, 0.05) is 32.4 Å². The van der Waals surface area contributed by atoms with Gasteiger partial charge in [-0.05, 0) is 30.5 Å². The minimum atomic E-state index is -0.117. The zero-order valence-corrected chi connectivity index (χ0v) is 12.5. The van der Waals surface area contributed by atoms with Crippen LogP contribution in [0.2, 0.25) is 0 Å². The first-order chi connectivity index (χ1) is 9.54. The predicted octanol–water partition coefficient (Wildman–Crippen LogP) is 2.10. The Bertz CT molecular complexity index is 433. The first kappa shape index (κ1) is 16.3. The number of hydrogen-bond acceptors (Lipinski definition) is 4. The summed E-state index contributed by atoms with van der Waals surface area (Å²) in [5, 5.41) is 5.83. The summed E-state index contributed by atoms with van der Waals surface area (Å²) < 4.78 is 5.51. The van der Waals surface area contributed by atoms with Crippen molar-refractivity contribution in [2.75, 3.05) is 37.9 Å². The SMILES string of the molecule is CNC(=O)c1ccc(N)c(NCCCOCC(C)C)c1. The lowest BCUT2D eigenvalue weighted by Crippen LogP contribution is -2.18. The Balaban J connectivity index is 2.41. The van der Waals surface area contributed by atoms with Crippen molar-refractivity contribution in [2.24, 2.45) is 5.92 Å². The topological polar surface area (TPSA) is 76.4 Å². The van der Waals surface area contributed by atoms with E-state index in [0.29, 0.717) is 17.2 Å². The van der Waals surface area contributed by atoms with Crippen molar-refractivity contribution in [1.29, 1.82) is 0 Å². The van der Waals surface area contributed by atoms with Crippen LogP contribution in [0.5, 0.6) is 0 Å². The molecule has 0 spiro atoms. The average Bonchev–Trinajstić information content (AvgIpc) is 2.43. The molecule has 0 bridgehead atoms. The third-order valence-corrected chi connectivity index (χ3v) is 2.77. The van der Waals surface area contributed by atoms with E-state index < -0.39 is 0 Å². The maximum atomic E-state index is 11.6. The summed E-state index contributed by atoms with van der Waals surface area (Å²) in [4.78, 5) is 11.6. The molecular formula is C15H25N3O2. The molecule has 112 valence electrons. The normalized spacial score (nSPS) is 10.6. The van der Waals surface area contributed by atoms with E-state index in [4.69, 9.17) is 10.5 Å². The monoisotopic (exact) mass is 279 g/mol. The lowest BCUT2D eigenvalue weighted by molar-refractivity contribution is 0.0963. The fourth-order valence-electron chi connectivity index (χ4n) is 1.71. The molecule has 0 aliphatic rings. The quantitative estimate of drug-likeness (QED) is 0.503. The van der Waals surface area contributed by atoms with Gasteiger partial charge in [-0.15, -0.1) is 0 Å².